The lowest BCUT2D eigenvalue weighted by atomic mass is 9.85. The van der Waals surface area contributed by atoms with Crippen LogP contribution in [0.4, 0.5) is 0 Å². The largest absolute Gasteiger partial charge is 0.303 e. The quantitative estimate of drug-likeness (QED) is 0.666. The smallest absolute Gasteiger partial charge is 0.127 e. The Morgan fingerprint density at radius 1 is 1.33 bits per heavy atom. The van der Waals surface area contributed by atoms with E-state index in [1.54, 1.807) is 0 Å². The van der Waals surface area contributed by atoms with Gasteiger partial charge in [0.25, 0.3) is 0 Å². The summed E-state index contributed by atoms with van der Waals surface area (Å²) in [5.41, 5.74) is -0.142. The van der Waals surface area contributed by atoms with Crippen LogP contribution >= 0.6 is 0 Å². The molecule has 1 fully saturated rings. The maximum atomic E-state index is 11.1. The van der Waals surface area contributed by atoms with Gasteiger partial charge in [-0.05, 0) is 24.7 Å². The Hall–Kier alpha value is -0.370. The van der Waals surface area contributed by atoms with Gasteiger partial charge in [0, 0.05) is 25.0 Å². The van der Waals surface area contributed by atoms with E-state index >= 15 is 0 Å². The first-order valence-electron chi connectivity index (χ1n) is 6.17. The fraction of sp³-hybridized carbons (Fsp3) is 0.923. The molecule has 1 aliphatic heterocycles. The maximum absolute atomic E-state index is 11.1. The van der Waals surface area contributed by atoms with Crippen LogP contribution in [0, 0.1) is 17.3 Å². The van der Waals surface area contributed by atoms with E-state index in [1.165, 1.54) is 6.42 Å². The Bertz CT molecular complexity index is 207. The molecule has 0 bridgehead atoms. The second-order valence-corrected chi connectivity index (χ2v) is 5.77. The van der Waals surface area contributed by atoms with Gasteiger partial charge >= 0.3 is 0 Å². The van der Waals surface area contributed by atoms with Gasteiger partial charge in [-0.25, -0.2) is 0 Å². The summed E-state index contributed by atoms with van der Waals surface area (Å²) in [5.74, 6) is 1.56. The minimum Gasteiger partial charge on any atom is -0.303 e. The monoisotopic (exact) mass is 211 g/mol. The van der Waals surface area contributed by atoms with Crippen LogP contribution in [0.25, 0.3) is 0 Å². The van der Waals surface area contributed by atoms with Crippen molar-refractivity contribution in [3.05, 3.63) is 0 Å². The number of piperidine rings is 1. The molecule has 1 saturated heterocycles. The molecule has 1 aliphatic rings. The first-order valence-corrected chi connectivity index (χ1v) is 6.17. The third-order valence-electron chi connectivity index (χ3n) is 3.62. The third kappa shape index (κ3) is 3.60. The molecule has 0 spiro atoms. The number of nitrogens with zero attached hydrogens (tertiary/aromatic N) is 1. The zero-order chi connectivity index (χ0) is 11.5. The maximum Gasteiger partial charge on any atom is 0.127 e. The van der Waals surface area contributed by atoms with Crippen LogP contribution in [0.2, 0.25) is 0 Å². The average molecular weight is 211 g/mol. The molecule has 0 aliphatic carbocycles. The molecule has 0 aromatic rings. The van der Waals surface area contributed by atoms with E-state index in [0.29, 0.717) is 0 Å². The third-order valence-corrected chi connectivity index (χ3v) is 3.62. The zero-order valence-electron chi connectivity index (χ0n) is 10.6. The Kier molecular flexibility index (Phi) is 4.32. The lowest BCUT2D eigenvalue weighted by Crippen LogP contribution is -2.44. The van der Waals surface area contributed by atoms with E-state index < -0.39 is 0 Å². The first kappa shape index (κ1) is 12.7. The second kappa shape index (κ2) is 5.11. The summed E-state index contributed by atoms with van der Waals surface area (Å²) in [6, 6.07) is 0. The summed E-state index contributed by atoms with van der Waals surface area (Å²) < 4.78 is 0. The van der Waals surface area contributed by atoms with Gasteiger partial charge in [0.15, 0.2) is 0 Å². The van der Waals surface area contributed by atoms with Crippen molar-refractivity contribution < 1.29 is 4.79 Å². The summed E-state index contributed by atoms with van der Waals surface area (Å²) in [6.07, 6.45) is 3.41. The number of hydrogen-bond donors (Lipinski definition) is 0. The van der Waals surface area contributed by atoms with Crippen LogP contribution in [-0.2, 0) is 4.79 Å². The first-order chi connectivity index (χ1) is 6.99. The molecule has 15 heavy (non-hydrogen) atoms. The lowest BCUT2D eigenvalue weighted by molar-refractivity contribution is -0.117. The molecule has 3 atom stereocenters. The molecule has 3 unspecified atom stereocenters. The number of carbonyl (C=O) groups is 1. The van der Waals surface area contributed by atoms with Gasteiger partial charge in [-0.3, -0.25) is 0 Å². The molecular formula is C13H25NO. The average Bonchev–Trinajstić information content (AvgIpc) is 2.16. The molecule has 1 rings (SSSR count). The van der Waals surface area contributed by atoms with Gasteiger partial charge in [-0.2, -0.15) is 0 Å². The molecule has 2 heteroatoms. The molecule has 1 heterocycles. The highest BCUT2D eigenvalue weighted by molar-refractivity contribution is 5.58. The van der Waals surface area contributed by atoms with Gasteiger partial charge in [0.05, 0.1) is 0 Å². The van der Waals surface area contributed by atoms with Gasteiger partial charge in [-0.15, -0.1) is 0 Å². The second-order valence-electron chi connectivity index (χ2n) is 5.77. The predicted octanol–water partition coefficient (Wildman–Crippen LogP) is 2.58. The van der Waals surface area contributed by atoms with Crippen molar-refractivity contribution in [2.75, 3.05) is 19.6 Å². The van der Waals surface area contributed by atoms with Crippen LogP contribution in [0.5, 0.6) is 0 Å². The van der Waals surface area contributed by atoms with Crippen LogP contribution in [0.3, 0.4) is 0 Å². The highest BCUT2D eigenvalue weighted by atomic mass is 16.1. The lowest BCUT2D eigenvalue weighted by Gasteiger charge is -2.38. The Balaban J connectivity index is 2.53. The van der Waals surface area contributed by atoms with Crippen molar-refractivity contribution in [1.82, 2.24) is 4.90 Å². The number of hydrogen-bond acceptors (Lipinski definition) is 2. The standard InChI is InChI=1S/C13H25NO/c1-5-13(4,10-15)9-14-7-11(2)6-12(3)8-14/h10-12H,5-9H2,1-4H3. The van der Waals surface area contributed by atoms with E-state index in [2.05, 4.69) is 32.6 Å². The van der Waals surface area contributed by atoms with E-state index in [9.17, 15) is 4.79 Å². The molecule has 0 saturated carbocycles. The molecule has 0 N–H and O–H groups in total. The number of aldehydes is 1. The zero-order valence-corrected chi connectivity index (χ0v) is 10.6. The van der Waals surface area contributed by atoms with E-state index in [0.717, 1.165) is 44.2 Å². The molecule has 0 aromatic carbocycles. The normalized spacial score (nSPS) is 32.3. The summed E-state index contributed by atoms with van der Waals surface area (Å²) in [6.45, 7) is 12.1. The summed E-state index contributed by atoms with van der Waals surface area (Å²) in [7, 11) is 0. The van der Waals surface area contributed by atoms with E-state index in [-0.39, 0.29) is 5.41 Å². The van der Waals surface area contributed by atoms with Crippen molar-refractivity contribution in [3.63, 3.8) is 0 Å². The molecular weight excluding hydrogens is 186 g/mol. The highest BCUT2D eigenvalue weighted by Gasteiger charge is 2.29. The minimum atomic E-state index is -0.142. The summed E-state index contributed by atoms with van der Waals surface area (Å²) >= 11 is 0. The van der Waals surface area contributed by atoms with Gasteiger partial charge in [0.1, 0.15) is 6.29 Å². The number of rotatable bonds is 4. The van der Waals surface area contributed by atoms with Gasteiger partial charge in [0.2, 0.25) is 0 Å². The highest BCUT2D eigenvalue weighted by Crippen LogP contribution is 2.26. The van der Waals surface area contributed by atoms with Crippen molar-refractivity contribution in [3.8, 4) is 0 Å². The SMILES string of the molecule is CCC(C)(C=O)CN1CC(C)CC(C)C1. The Labute approximate surface area is 94.0 Å². The fourth-order valence-electron chi connectivity index (χ4n) is 2.66. The van der Waals surface area contributed by atoms with Crippen molar-refractivity contribution in [2.45, 2.75) is 40.5 Å². The summed E-state index contributed by atoms with van der Waals surface area (Å²) in [4.78, 5) is 13.5. The molecule has 0 aromatic heterocycles. The minimum absolute atomic E-state index is 0.142. The Morgan fingerprint density at radius 3 is 2.27 bits per heavy atom. The molecule has 0 radical (unpaired) electrons. The van der Waals surface area contributed by atoms with Crippen LogP contribution in [0.1, 0.15) is 40.5 Å². The van der Waals surface area contributed by atoms with Crippen LogP contribution < -0.4 is 0 Å². The van der Waals surface area contributed by atoms with Gasteiger partial charge < -0.3 is 9.69 Å². The van der Waals surface area contributed by atoms with Crippen molar-refractivity contribution >= 4 is 6.29 Å². The Morgan fingerprint density at radius 2 is 1.87 bits per heavy atom. The molecule has 2 nitrogen and oxygen atoms in total. The topological polar surface area (TPSA) is 20.3 Å². The predicted molar refractivity (Wildman–Crippen MR) is 63.8 cm³/mol. The molecule has 88 valence electrons. The van der Waals surface area contributed by atoms with E-state index in [1.807, 2.05) is 0 Å². The number of likely N-dealkylation sites (tertiary alicyclic amines) is 1. The van der Waals surface area contributed by atoms with Crippen LogP contribution in [-0.4, -0.2) is 30.8 Å². The number of carbonyl (C=O) groups excluding carboxylic acids is 1. The van der Waals surface area contributed by atoms with Gasteiger partial charge in [-0.1, -0.05) is 27.7 Å². The fourth-order valence-corrected chi connectivity index (χ4v) is 2.66. The molecule has 0 amide bonds. The van der Waals surface area contributed by atoms with Crippen molar-refractivity contribution in [2.24, 2.45) is 17.3 Å². The van der Waals surface area contributed by atoms with Crippen molar-refractivity contribution in [1.29, 1.82) is 0 Å². The van der Waals surface area contributed by atoms with E-state index in [4.69, 9.17) is 0 Å². The summed E-state index contributed by atoms with van der Waals surface area (Å²) in [5, 5.41) is 0. The van der Waals surface area contributed by atoms with Crippen LogP contribution in [0.15, 0.2) is 0 Å².